The highest BCUT2D eigenvalue weighted by atomic mass is 16.8. The zero-order valence-corrected chi connectivity index (χ0v) is 40.3. The van der Waals surface area contributed by atoms with Crippen molar-refractivity contribution in [2.24, 2.45) is 0 Å². The number of amides is 1. The van der Waals surface area contributed by atoms with Gasteiger partial charge in [0, 0.05) is 6.42 Å². The zero-order chi connectivity index (χ0) is 49.8. The largest absolute Gasteiger partial charge is 0.394 e. The summed E-state index contributed by atoms with van der Waals surface area (Å²) >= 11 is 0. The van der Waals surface area contributed by atoms with Crippen LogP contribution in [0.25, 0.3) is 0 Å². The lowest BCUT2D eigenvalue weighted by Gasteiger charge is -2.48. The maximum absolute atomic E-state index is 13.1. The van der Waals surface area contributed by atoms with Crippen molar-refractivity contribution in [3.8, 4) is 0 Å². The molecule has 0 aliphatic carbocycles. The van der Waals surface area contributed by atoms with Crippen LogP contribution in [0, 0.1) is 0 Å². The molecule has 3 saturated heterocycles. The lowest BCUT2D eigenvalue weighted by atomic mass is 9.96. The number of rotatable bonds is 34. The molecule has 17 atom stereocenters. The van der Waals surface area contributed by atoms with Crippen molar-refractivity contribution in [1.82, 2.24) is 5.32 Å². The van der Waals surface area contributed by atoms with E-state index in [4.69, 9.17) is 28.4 Å². The number of aliphatic hydroxyl groups excluding tert-OH is 11. The Morgan fingerprint density at radius 3 is 1.53 bits per heavy atom. The van der Waals surface area contributed by atoms with Crippen LogP contribution in [0.15, 0.2) is 36.5 Å². The van der Waals surface area contributed by atoms with Crippen LogP contribution in [0.5, 0.6) is 0 Å². The number of nitrogens with one attached hydrogen (secondary N) is 1. The third-order valence-electron chi connectivity index (χ3n) is 12.7. The summed E-state index contributed by atoms with van der Waals surface area (Å²) < 4.78 is 34.0. The Morgan fingerprint density at radius 2 is 0.971 bits per heavy atom. The van der Waals surface area contributed by atoms with E-state index < -0.39 is 124 Å². The first-order valence-electron chi connectivity index (χ1n) is 25.2. The van der Waals surface area contributed by atoms with Crippen molar-refractivity contribution < 1.29 is 89.4 Å². The Hall–Kier alpha value is -1.99. The van der Waals surface area contributed by atoms with Gasteiger partial charge in [0.2, 0.25) is 5.91 Å². The minimum absolute atomic E-state index is 0.248. The van der Waals surface area contributed by atoms with Crippen LogP contribution >= 0.6 is 0 Å². The van der Waals surface area contributed by atoms with Crippen molar-refractivity contribution in [2.75, 3.05) is 26.4 Å². The first kappa shape index (κ1) is 60.3. The van der Waals surface area contributed by atoms with Crippen LogP contribution in [0.2, 0.25) is 0 Å². The molecule has 0 radical (unpaired) electrons. The summed E-state index contributed by atoms with van der Waals surface area (Å²) in [6.45, 7) is 1.56. The standard InChI is InChI=1S/C49H87NO18/c1-3-5-7-9-10-11-12-13-14-15-16-17-18-19-20-21-22-23-25-27-37(55)50-32(33(54)26-24-8-6-4-2)31-63-47-43(61)40(58)45(35(29-52)65-47)68-49-44(62)41(59)46(36(30-53)66-49)67-48-42(60)39(57)38(56)34(28-51)64-48/h10-11,13-14,16-17,32-36,38-49,51-54,56-62H,3-9,12,15,18-31H2,1-2H3,(H,50,55)/b11-10-,14-13-,17-16-. The Bertz CT molecular complexity index is 1400. The van der Waals surface area contributed by atoms with Crippen molar-refractivity contribution >= 4 is 5.91 Å². The van der Waals surface area contributed by atoms with Crippen LogP contribution < -0.4 is 5.32 Å². The second-order valence-corrected chi connectivity index (χ2v) is 18.3. The monoisotopic (exact) mass is 978 g/mol. The van der Waals surface area contributed by atoms with Crippen LogP contribution in [0.4, 0.5) is 0 Å². The quantitative estimate of drug-likeness (QED) is 0.0321. The predicted octanol–water partition coefficient (Wildman–Crippen LogP) is 1.42. The molecule has 0 saturated carbocycles. The van der Waals surface area contributed by atoms with Crippen LogP contribution in [-0.2, 0) is 33.2 Å². The van der Waals surface area contributed by atoms with Crippen molar-refractivity contribution in [3.63, 3.8) is 0 Å². The van der Waals surface area contributed by atoms with E-state index in [9.17, 15) is 61.0 Å². The molecular weight excluding hydrogens is 891 g/mol. The molecule has 0 aromatic heterocycles. The molecule has 396 valence electrons. The molecule has 12 N–H and O–H groups in total. The first-order chi connectivity index (χ1) is 32.8. The minimum atomic E-state index is -1.97. The third kappa shape index (κ3) is 20.3. The summed E-state index contributed by atoms with van der Waals surface area (Å²) in [6, 6.07) is -0.889. The minimum Gasteiger partial charge on any atom is -0.394 e. The predicted molar refractivity (Wildman–Crippen MR) is 249 cm³/mol. The van der Waals surface area contributed by atoms with Gasteiger partial charge in [0.25, 0.3) is 0 Å². The molecule has 3 heterocycles. The van der Waals surface area contributed by atoms with Crippen molar-refractivity contribution in [3.05, 3.63) is 36.5 Å². The molecule has 19 heteroatoms. The third-order valence-corrected chi connectivity index (χ3v) is 12.7. The number of carbonyl (C=O) groups excluding carboxylic acids is 1. The van der Waals surface area contributed by atoms with Gasteiger partial charge in [-0.2, -0.15) is 0 Å². The first-order valence-corrected chi connectivity index (χ1v) is 25.2. The Morgan fingerprint density at radius 1 is 0.529 bits per heavy atom. The van der Waals surface area contributed by atoms with Gasteiger partial charge in [0.1, 0.15) is 73.2 Å². The van der Waals surface area contributed by atoms with Gasteiger partial charge in [-0.1, -0.05) is 115 Å². The summed E-state index contributed by atoms with van der Waals surface area (Å²) in [5, 5.41) is 119. The van der Waals surface area contributed by atoms with Gasteiger partial charge in [-0.15, -0.1) is 0 Å². The van der Waals surface area contributed by atoms with E-state index in [0.29, 0.717) is 19.3 Å². The van der Waals surface area contributed by atoms with Crippen molar-refractivity contribution in [2.45, 2.75) is 240 Å². The summed E-state index contributed by atoms with van der Waals surface area (Å²) in [7, 11) is 0. The average Bonchev–Trinajstić information content (AvgIpc) is 3.33. The highest BCUT2D eigenvalue weighted by Crippen LogP contribution is 2.33. The smallest absolute Gasteiger partial charge is 0.220 e. The second kappa shape index (κ2) is 34.4. The lowest BCUT2D eigenvalue weighted by Crippen LogP contribution is -2.66. The molecule has 17 unspecified atom stereocenters. The Labute approximate surface area is 402 Å². The zero-order valence-electron chi connectivity index (χ0n) is 40.3. The Kier molecular flexibility index (Phi) is 30.5. The molecule has 0 aromatic rings. The SMILES string of the molecule is CCCCC/C=C\C/C=C\C/C=C\CCCCCCCCC(=O)NC(COC1OC(CO)C(OC2OC(CO)C(OC3OC(CO)C(O)C(O)C3O)C(O)C2O)C(O)C1O)C(O)CCCCCC. The van der Waals surface area contributed by atoms with Gasteiger partial charge in [-0.3, -0.25) is 4.79 Å². The van der Waals surface area contributed by atoms with Gasteiger partial charge in [0.05, 0.1) is 38.6 Å². The van der Waals surface area contributed by atoms with E-state index in [-0.39, 0.29) is 18.9 Å². The van der Waals surface area contributed by atoms with Crippen molar-refractivity contribution in [1.29, 1.82) is 0 Å². The molecule has 0 spiro atoms. The van der Waals surface area contributed by atoms with E-state index in [2.05, 4.69) is 55.6 Å². The summed E-state index contributed by atoms with van der Waals surface area (Å²) in [6.07, 6.45) is 4.83. The summed E-state index contributed by atoms with van der Waals surface area (Å²) in [4.78, 5) is 13.1. The highest BCUT2D eigenvalue weighted by molar-refractivity contribution is 5.76. The van der Waals surface area contributed by atoms with E-state index in [1.807, 2.05) is 0 Å². The van der Waals surface area contributed by atoms with Gasteiger partial charge in [-0.05, 0) is 51.4 Å². The van der Waals surface area contributed by atoms with E-state index in [0.717, 1.165) is 77.0 Å². The van der Waals surface area contributed by atoms with Gasteiger partial charge in [0.15, 0.2) is 18.9 Å². The fourth-order valence-corrected chi connectivity index (χ4v) is 8.43. The van der Waals surface area contributed by atoms with E-state index in [1.165, 1.54) is 19.3 Å². The fourth-order valence-electron chi connectivity index (χ4n) is 8.43. The molecule has 3 aliphatic heterocycles. The number of hydrogen-bond acceptors (Lipinski definition) is 18. The molecule has 1 amide bonds. The average molecular weight is 978 g/mol. The maximum Gasteiger partial charge on any atom is 0.220 e. The number of allylic oxidation sites excluding steroid dienone is 6. The normalized spacial score (nSPS) is 33.5. The number of carbonyl (C=O) groups is 1. The van der Waals surface area contributed by atoms with Crippen LogP contribution in [-0.4, -0.2) is 193 Å². The van der Waals surface area contributed by atoms with Crippen LogP contribution in [0.3, 0.4) is 0 Å². The number of unbranched alkanes of at least 4 members (excludes halogenated alkanes) is 12. The van der Waals surface area contributed by atoms with Gasteiger partial charge >= 0.3 is 0 Å². The second-order valence-electron chi connectivity index (χ2n) is 18.3. The number of hydrogen-bond donors (Lipinski definition) is 12. The Balaban J connectivity index is 1.46. The summed E-state index contributed by atoms with van der Waals surface area (Å²) in [5.74, 6) is -0.268. The topological polar surface area (TPSA) is 307 Å². The molecule has 3 fully saturated rings. The van der Waals surface area contributed by atoms with Gasteiger partial charge in [-0.25, -0.2) is 0 Å². The molecule has 68 heavy (non-hydrogen) atoms. The molecule has 3 rings (SSSR count). The maximum atomic E-state index is 13.1. The van der Waals surface area contributed by atoms with E-state index in [1.54, 1.807) is 0 Å². The molecule has 0 bridgehead atoms. The van der Waals surface area contributed by atoms with Crippen LogP contribution in [0.1, 0.15) is 136 Å². The van der Waals surface area contributed by atoms with Gasteiger partial charge < -0.3 is 89.9 Å². The fraction of sp³-hybridized carbons (Fsp3) is 0.857. The molecule has 3 aliphatic rings. The number of ether oxygens (including phenoxy) is 6. The lowest BCUT2D eigenvalue weighted by molar-refractivity contribution is -0.379. The molecular formula is C49H87NO18. The molecule has 0 aromatic carbocycles. The summed E-state index contributed by atoms with van der Waals surface area (Å²) in [5.41, 5.74) is 0. The number of aliphatic hydroxyl groups is 11. The molecule has 19 nitrogen and oxygen atoms in total. The van der Waals surface area contributed by atoms with E-state index >= 15 is 0 Å². The highest BCUT2D eigenvalue weighted by Gasteiger charge is 2.53.